The molecule has 1 aromatic carbocycles. The molecule has 6 heteroatoms. The first kappa shape index (κ1) is 12.4. The number of hydrogen-bond acceptors (Lipinski definition) is 1. The molecule has 0 bridgehead atoms. The van der Waals surface area contributed by atoms with Gasteiger partial charge in [0.2, 0.25) is 0 Å². The molecule has 0 heterocycles. The molecule has 0 unspecified atom stereocenters. The van der Waals surface area contributed by atoms with E-state index in [0.717, 1.165) is 12.1 Å². The molecule has 0 aromatic heterocycles. The molecule has 1 rings (SSSR count). The number of nitrogens with one attached hydrogen (secondary N) is 1. The SMILES string of the molecule is CN(C)C(=O)NCc1ccc(F)c(F)c1F. The highest BCUT2D eigenvalue weighted by molar-refractivity contribution is 5.73. The number of halogens is 3. The third-order valence-corrected chi connectivity index (χ3v) is 1.95. The third-order valence-electron chi connectivity index (χ3n) is 1.95. The quantitative estimate of drug-likeness (QED) is 0.776. The van der Waals surface area contributed by atoms with E-state index in [4.69, 9.17) is 0 Å². The molecule has 16 heavy (non-hydrogen) atoms. The van der Waals surface area contributed by atoms with Crippen molar-refractivity contribution in [2.75, 3.05) is 14.1 Å². The van der Waals surface area contributed by atoms with Gasteiger partial charge in [0.15, 0.2) is 17.5 Å². The highest BCUT2D eigenvalue weighted by atomic mass is 19.2. The van der Waals surface area contributed by atoms with E-state index in [1.54, 1.807) is 0 Å². The second kappa shape index (κ2) is 4.87. The van der Waals surface area contributed by atoms with Crippen molar-refractivity contribution in [1.82, 2.24) is 10.2 Å². The fraction of sp³-hybridized carbons (Fsp3) is 0.300. The van der Waals surface area contributed by atoms with Gasteiger partial charge in [0.05, 0.1) is 0 Å². The molecule has 0 fully saturated rings. The van der Waals surface area contributed by atoms with Gasteiger partial charge in [0.25, 0.3) is 0 Å². The summed E-state index contributed by atoms with van der Waals surface area (Å²) >= 11 is 0. The van der Waals surface area contributed by atoms with Crippen molar-refractivity contribution in [1.29, 1.82) is 0 Å². The lowest BCUT2D eigenvalue weighted by Gasteiger charge is -2.12. The summed E-state index contributed by atoms with van der Waals surface area (Å²) in [7, 11) is 3.02. The van der Waals surface area contributed by atoms with Gasteiger partial charge in [-0.05, 0) is 6.07 Å². The summed E-state index contributed by atoms with van der Waals surface area (Å²) in [6.45, 7) is -0.194. The largest absolute Gasteiger partial charge is 0.334 e. The minimum atomic E-state index is -1.53. The van der Waals surface area contributed by atoms with Crippen LogP contribution in [0.1, 0.15) is 5.56 Å². The third kappa shape index (κ3) is 2.65. The topological polar surface area (TPSA) is 32.3 Å². The molecule has 0 saturated heterocycles. The predicted octanol–water partition coefficient (Wildman–Crippen LogP) is 1.88. The summed E-state index contributed by atoms with van der Waals surface area (Å²) in [5.74, 6) is -4.06. The Labute approximate surface area is 90.9 Å². The van der Waals surface area contributed by atoms with Gasteiger partial charge in [-0.15, -0.1) is 0 Å². The minimum absolute atomic E-state index is 0.103. The maximum absolute atomic E-state index is 13.1. The molecule has 0 spiro atoms. The lowest BCUT2D eigenvalue weighted by Crippen LogP contribution is -2.34. The summed E-state index contributed by atoms with van der Waals surface area (Å²) in [6.07, 6.45) is 0. The van der Waals surface area contributed by atoms with E-state index < -0.39 is 23.5 Å². The van der Waals surface area contributed by atoms with Crippen LogP contribution < -0.4 is 5.32 Å². The average Bonchev–Trinajstić information content (AvgIpc) is 2.24. The van der Waals surface area contributed by atoms with Crippen molar-refractivity contribution in [3.63, 3.8) is 0 Å². The Hall–Kier alpha value is -1.72. The van der Waals surface area contributed by atoms with Gasteiger partial charge in [-0.2, -0.15) is 0 Å². The number of urea groups is 1. The predicted molar refractivity (Wildman–Crippen MR) is 52.2 cm³/mol. The molecule has 1 aromatic rings. The van der Waals surface area contributed by atoms with Crippen LogP contribution in [-0.4, -0.2) is 25.0 Å². The van der Waals surface area contributed by atoms with E-state index in [1.165, 1.54) is 19.0 Å². The maximum atomic E-state index is 13.1. The van der Waals surface area contributed by atoms with Gasteiger partial charge in [-0.25, -0.2) is 18.0 Å². The van der Waals surface area contributed by atoms with E-state index in [1.807, 2.05) is 0 Å². The van der Waals surface area contributed by atoms with Gasteiger partial charge >= 0.3 is 6.03 Å². The van der Waals surface area contributed by atoms with Crippen LogP contribution in [0, 0.1) is 17.5 Å². The number of rotatable bonds is 2. The van der Waals surface area contributed by atoms with Gasteiger partial charge in [0.1, 0.15) is 0 Å². The fourth-order valence-electron chi connectivity index (χ4n) is 1.03. The molecule has 0 aliphatic rings. The van der Waals surface area contributed by atoms with Crippen LogP contribution in [-0.2, 0) is 6.54 Å². The van der Waals surface area contributed by atoms with E-state index in [9.17, 15) is 18.0 Å². The summed E-state index contributed by atoms with van der Waals surface area (Å²) in [5, 5.41) is 2.34. The van der Waals surface area contributed by atoms with Gasteiger partial charge < -0.3 is 10.2 Å². The zero-order valence-corrected chi connectivity index (χ0v) is 8.85. The maximum Gasteiger partial charge on any atom is 0.317 e. The Bertz CT molecular complexity index is 407. The van der Waals surface area contributed by atoms with Crippen LogP contribution in [0.15, 0.2) is 12.1 Å². The molecular formula is C10H11F3N2O. The average molecular weight is 232 g/mol. The second-order valence-electron chi connectivity index (χ2n) is 3.39. The lowest BCUT2D eigenvalue weighted by molar-refractivity contribution is 0.217. The van der Waals surface area contributed by atoms with Crippen molar-refractivity contribution in [2.45, 2.75) is 6.54 Å². The van der Waals surface area contributed by atoms with Crippen LogP contribution >= 0.6 is 0 Å². The molecule has 0 aliphatic heterocycles. The van der Waals surface area contributed by atoms with Gasteiger partial charge in [0, 0.05) is 26.2 Å². The highest BCUT2D eigenvalue weighted by Crippen LogP contribution is 2.14. The molecular weight excluding hydrogens is 221 g/mol. The van der Waals surface area contributed by atoms with E-state index >= 15 is 0 Å². The van der Waals surface area contributed by atoms with Crippen LogP contribution in [0.25, 0.3) is 0 Å². The van der Waals surface area contributed by atoms with Crippen LogP contribution in [0.3, 0.4) is 0 Å². The Kier molecular flexibility index (Phi) is 3.76. The zero-order valence-electron chi connectivity index (χ0n) is 8.85. The Morgan fingerprint density at radius 2 is 1.88 bits per heavy atom. The fourth-order valence-corrected chi connectivity index (χ4v) is 1.03. The summed E-state index contributed by atoms with van der Waals surface area (Å²) in [4.78, 5) is 12.4. The van der Waals surface area contributed by atoms with Gasteiger partial charge in [-0.1, -0.05) is 6.07 Å². The molecule has 3 nitrogen and oxygen atoms in total. The number of carbonyl (C=O) groups excluding carboxylic acids is 1. The molecule has 0 aliphatic carbocycles. The Morgan fingerprint density at radius 1 is 1.25 bits per heavy atom. The number of nitrogens with zero attached hydrogens (tertiary/aromatic N) is 1. The van der Waals surface area contributed by atoms with Crippen molar-refractivity contribution >= 4 is 6.03 Å². The van der Waals surface area contributed by atoms with Crippen LogP contribution in [0.4, 0.5) is 18.0 Å². The van der Waals surface area contributed by atoms with E-state index in [2.05, 4.69) is 5.32 Å². The first-order valence-electron chi connectivity index (χ1n) is 4.51. The van der Waals surface area contributed by atoms with Crippen molar-refractivity contribution in [3.8, 4) is 0 Å². The van der Waals surface area contributed by atoms with Crippen molar-refractivity contribution < 1.29 is 18.0 Å². The highest BCUT2D eigenvalue weighted by Gasteiger charge is 2.13. The summed E-state index contributed by atoms with van der Waals surface area (Å²) < 4.78 is 38.5. The molecule has 1 N–H and O–H groups in total. The molecule has 88 valence electrons. The minimum Gasteiger partial charge on any atom is -0.334 e. The van der Waals surface area contributed by atoms with E-state index in [0.29, 0.717) is 0 Å². The number of hydrogen-bond donors (Lipinski definition) is 1. The summed E-state index contributed by atoms with van der Waals surface area (Å²) in [6, 6.07) is 1.46. The van der Waals surface area contributed by atoms with Crippen molar-refractivity contribution in [2.24, 2.45) is 0 Å². The Morgan fingerprint density at radius 3 is 2.44 bits per heavy atom. The number of amides is 2. The van der Waals surface area contributed by atoms with Crippen LogP contribution in [0.5, 0.6) is 0 Å². The smallest absolute Gasteiger partial charge is 0.317 e. The monoisotopic (exact) mass is 232 g/mol. The molecule has 0 saturated carbocycles. The lowest BCUT2D eigenvalue weighted by atomic mass is 10.2. The normalized spacial score (nSPS) is 10.1. The number of carbonyl (C=O) groups is 1. The summed E-state index contributed by atoms with van der Waals surface area (Å²) in [5.41, 5.74) is -0.103. The molecule has 2 amide bonds. The standard InChI is InChI=1S/C10H11F3N2O/c1-15(2)10(16)14-5-6-3-4-7(11)9(13)8(6)12/h3-4H,5H2,1-2H3,(H,14,16). The first-order valence-corrected chi connectivity index (χ1v) is 4.51. The van der Waals surface area contributed by atoms with Crippen LogP contribution in [0.2, 0.25) is 0 Å². The molecule has 0 radical (unpaired) electrons. The first-order chi connectivity index (χ1) is 7.43. The number of benzene rings is 1. The van der Waals surface area contributed by atoms with Gasteiger partial charge in [-0.3, -0.25) is 0 Å². The zero-order chi connectivity index (χ0) is 12.3. The Balaban J connectivity index is 2.76. The molecule has 0 atom stereocenters. The van der Waals surface area contributed by atoms with E-state index in [-0.39, 0.29) is 12.1 Å². The van der Waals surface area contributed by atoms with Crippen molar-refractivity contribution in [3.05, 3.63) is 35.1 Å². The second-order valence-corrected chi connectivity index (χ2v) is 3.39.